The van der Waals surface area contributed by atoms with Crippen LogP contribution in [0.4, 0.5) is 0 Å². The van der Waals surface area contributed by atoms with Crippen molar-refractivity contribution in [2.75, 3.05) is 13.1 Å². The van der Waals surface area contributed by atoms with Gasteiger partial charge in [0.05, 0.1) is 17.6 Å². The number of piperidine rings is 1. The van der Waals surface area contributed by atoms with E-state index in [-0.39, 0.29) is 0 Å². The summed E-state index contributed by atoms with van der Waals surface area (Å²) in [5.41, 5.74) is 3.41. The molecule has 0 bridgehead atoms. The number of rotatable bonds is 3. The fraction of sp³-hybridized carbons (Fsp3) is 0.500. The number of hydrogen-bond donors (Lipinski definition) is 1. The van der Waals surface area contributed by atoms with Crippen LogP contribution in [0.25, 0.3) is 11.4 Å². The summed E-state index contributed by atoms with van der Waals surface area (Å²) in [6, 6.07) is 4.32. The van der Waals surface area contributed by atoms with E-state index in [9.17, 15) is 0 Å². The molecule has 0 aromatic carbocycles. The minimum absolute atomic E-state index is 0.760. The molecular weight excluding hydrogens is 248 g/mol. The van der Waals surface area contributed by atoms with E-state index in [1.165, 1.54) is 24.9 Å². The summed E-state index contributed by atoms with van der Waals surface area (Å²) in [7, 11) is 2.03. The minimum atomic E-state index is 0.760. The average Bonchev–Trinajstić information content (AvgIpc) is 2.81. The van der Waals surface area contributed by atoms with E-state index in [4.69, 9.17) is 0 Å². The molecule has 4 heteroatoms. The van der Waals surface area contributed by atoms with Gasteiger partial charge in [0.15, 0.2) is 0 Å². The van der Waals surface area contributed by atoms with Crippen molar-refractivity contribution >= 4 is 0 Å². The standard InChI is InChI=1S/C16H22N4/c1-12-18-11-16(20(12)2)15-6-5-14(10-19-15)8-13-4-3-7-17-9-13/h5-6,10-11,13,17H,3-4,7-9H2,1-2H3/t13-/m1/s1. The number of pyridine rings is 1. The molecule has 0 spiro atoms. The molecule has 1 aliphatic heterocycles. The number of imidazole rings is 1. The van der Waals surface area contributed by atoms with E-state index in [0.717, 1.165) is 36.1 Å². The van der Waals surface area contributed by atoms with Crippen LogP contribution in [0.5, 0.6) is 0 Å². The summed E-state index contributed by atoms with van der Waals surface area (Å²) in [4.78, 5) is 8.93. The molecule has 0 saturated carbocycles. The Balaban J connectivity index is 1.72. The van der Waals surface area contributed by atoms with E-state index in [0.29, 0.717) is 0 Å². The second-order valence-corrected chi connectivity index (χ2v) is 5.72. The van der Waals surface area contributed by atoms with Crippen LogP contribution in [0.1, 0.15) is 24.2 Å². The van der Waals surface area contributed by atoms with Crippen LogP contribution in [-0.2, 0) is 13.5 Å². The Kier molecular flexibility index (Phi) is 3.83. The molecule has 1 N–H and O–H groups in total. The van der Waals surface area contributed by atoms with Crippen molar-refractivity contribution in [3.05, 3.63) is 35.9 Å². The van der Waals surface area contributed by atoms with Gasteiger partial charge in [0.1, 0.15) is 5.82 Å². The number of aromatic nitrogens is 3. The van der Waals surface area contributed by atoms with Crippen LogP contribution in [0, 0.1) is 12.8 Å². The van der Waals surface area contributed by atoms with E-state index in [2.05, 4.69) is 32.0 Å². The largest absolute Gasteiger partial charge is 0.330 e. The predicted molar refractivity (Wildman–Crippen MR) is 80.5 cm³/mol. The second-order valence-electron chi connectivity index (χ2n) is 5.72. The average molecular weight is 270 g/mol. The third kappa shape index (κ3) is 2.75. The smallest absolute Gasteiger partial charge is 0.105 e. The maximum Gasteiger partial charge on any atom is 0.105 e. The van der Waals surface area contributed by atoms with Gasteiger partial charge in [-0.25, -0.2) is 4.98 Å². The highest BCUT2D eigenvalue weighted by Crippen LogP contribution is 2.20. The van der Waals surface area contributed by atoms with Crippen molar-refractivity contribution in [3.8, 4) is 11.4 Å². The SMILES string of the molecule is Cc1ncc(-c2ccc(C[C@H]3CCCNC3)cn2)n1C. The summed E-state index contributed by atoms with van der Waals surface area (Å²) in [6.07, 6.45) is 7.67. The first kappa shape index (κ1) is 13.3. The highest BCUT2D eigenvalue weighted by Gasteiger charge is 2.14. The quantitative estimate of drug-likeness (QED) is 0.931. The van der Waals surface area contributed by atoms with E-state index < -0.39 is 0 Å². The lowest BCUT2D eigenvalue weighted by atomic mass is 9.93. The number of nitrogens with one attached hydrogen (secondary N) is 1. The Morgan fingerprint density at radius 3 is 2.80 bits per heavy atom. The van der Waals surface area contributed by atoms with Crippen molar-refractivity contribution in [2.45, 2.75) is 26.2 Å². The van der Waals surface area contributed by atoms with Gasteiger partial charge in [0.2, 0.25) is 0 Å². The first-order chi connectivity index (χ1) is 9.74. The Morgan fingerprint density at radius 1 is 1.30 bits per heavy atom. The normalized spacial score (nSPS) is 19.2. The molecule has 3 rings (SSSR count). The van der Waals surface area contributed by atoms with Gasteiger partial charge in [-0.15, -0.1) is 0 Å². The van der Waals surface area contributed by atoms with Gasteiger partial charge in [-0.2, -0.15) is 0 Å². The molecule has 4 nitrogen and oxygen atoms in total. The topological polar surface area (TPSA) is 42.7 Å². The first-order valence-electron chi connectivity index (χ1n) is 7.38. The Morgan fingerprint density at radius 2 is 2.20 bits per heavy atom. The van der Waals surface area contributed by atoms with Gasteiger partial charge in [-0.05, 0) is 56.8 Å². The predicted octanol–water partition coefficient (Wildman–Crippen LogP) is 2.33. The van der Waals surface area contributed by atoms with Gasteiger partial charge in [0, 0.05) is 13.2 Å². The molecule has 0 aliphatic carbocycles. The fourth-order valence-corrected chi connectivity index (χ4v) is 2.87. The monoisotopic (exact) mass is 270 g/mol. The highest BCUT2D eigenvalue weighted by atomic mass is 15.1. The van der Waals surface area contributed by atoms with Crippen molar-refractivity contribution < 1.29 is 0 Å². The molecule has 20 heavy (non-hydrogen) atoms. The van der Waals surface area contributed by atoms with Crippen molar-refractivity contribution in [1.82, 2.24) is 19.9 Å². The molecule has 2 aromatic heterocycles. The molecule has 1 saturated heterocycles. The number of hydrogen-bond acceptors (Lipinski definition) is 3. The number of nitrogens with zero attached hydrogens (tertiary/aromatic N) is 3. The van der Waals surface area contributed by atoms with Gasteiger partial charge < -0.3 is 9.88 Å². The number of aryl methyl sites for hydroxylation is 1. The fourth-order valence-electron chi connectivity index (χ4n) is 2.87. The molecule has 2 aromatic rings. The van der Waals surface area contributed by atoms with Gasteiger partial charge in [-0.1, -0.05) is 6.07 Å². The van der Waals surface area contributed by atoms with Crippen molar-refractivity contribution in [3.63, 3.8) is 0 Å². The maximum atomic E-state index is 4.61. The lowest BCUT2D eigenvalue weighted by Gasteiger charge is -2.22. The maximum absolute atomic E-state index is 4.61. The molecule has 0 amide bonds. The lowest BCUT2D eigenvalue weighted by molar-refractivity contribution is 0.376. The summed E-state index contributed by atoms with van der Waals surface area (Å²) < 4.78 is 2.08. The molecule has 3 heterocycles. The van der Waals surface area contributed by atoms with Gasteiger partial charge in [0.25, 0.3) is 0 Å². The Labute approximate surface area is 120 Å². The molecule has 1 aliphatic rings. The zero-order chi connectivity index (χ0) is 13.9. The zero-order valence-corrected chi connectivity index (χ0v) is 12.3. The Hall–Kier alpha value is -1.68. The first-order valence-corrected chi connectivity index (χ1v) is 7.38. The second kappa shape index (κ2) is 5.75. The summed E-state index contributed by atoms with van der Waals surface area (Å²) in [5.74, 6) is 1.77. The van der Waals surface area contributed by atoms with Crippen LogP contribution < -0.4 is 5.32 Å². The van der Waals surface area contributed by atoms with Crippen LogP contribution in [0.2, 0.25) is 0 Å². The van der Waals surface area contributed by atoms with Crippen molar-refractivity contribution in [2.24, 2.45) is 13.0 Å². The van der Waals surface area contributed by atoms with Crippen LogP contribution in [0.15, 0.2) is 24.5 Å². The van der Waals surface area contributed by atoms with E-state index in [1.807, 2.05) is 26.4 Å². The highest BCUT2D eigenvalue weighted by molar-refractivity contribution is 5.54. The molecular formula is C16H22N4. The van der Waals surface area contributed by atoms with Crippen LogP contribution in [0.3, 0.4) is 0 Å². The molecule has 0 radical (unpaired) electrons. The van der Waals surface area contributed by atoms with Crippen molar-refractivity contribution in [1.29, 1.82) is 0 Å². The van der Waals surface area contributed by atoms with Gasteiger partial charge >= 0.3 is 0 Å². The summed E-state index contributed by atoms with van der Waals surface area (Å²) >= 11 is 0. The zero-order valence-electron chi connectivity index (χ0n) is 12.3. The van der Waals surface area contributed by atoms with Gasteiger partial charge in [-0.3, -0.25) is 4.98 Å². The lowest BCUT2D eigenvalue weighted by Crippen LogP contribution is -2.30. The van der Waals surface area contributed by atoms with Crippen LogP contribution in [-0.4, -0.2) is 27.6 Å². The molecule has 106 valence electrons. The van der Waals surface area contributed by atoms with Crippen LogP contribution >= 0.6 is 0 Å². The third-order valence-corrected chi connectivity index (χ3v) is 4.23. The minimum Gasteiger partial charge on any atom is -0.330 e. The molecule has 0 unspecified atom stereocenters. The molecule has 1 atom stereocenters. The summed E-state index contributed by atoms with van der Waals surface area (Å²) in [5, 5.41) is 3.47. The molecule has 1 fully saturated rings. The Bertz CT molecular complexity index is 565. The third-order valence-electron chi connectivity index (χ3n) is 4.23. The van der Waals surface area contributed by atoms with E-state index in [1.54, 1.807) is 0 Å². The summed E-state index contributed by atoms with van der Waals surface area (Å²) in [6.45, 7) is 4.32. The van der Waals surface area contributed by atoms with E-state index >= 15 is 0 Å².